The van der Waals surface area contributed by atoms with E-state index >= 15 is 0 Å². The van der Waals surface area contributed by atoms with Crippen molar-refractivity contribution >= 4 is 17.8 Å². The smallest absolute Gasteiger partial charge is 0.364 e. The van der Waals surface area contributed by atoms with Crippen LogP contribution in [0.4, 0.5) is 0 Å². The zero-order chi connectivity index (χ0) is 59.4. The highest BCUT2D eigenvalue weighted by atomic mass is 16.8. The van der Waals surface area contributed by atoms with Gasteiger partial charge in [0.2, 0.25) is 11.8 Å². The fourth-order valence-corrected chi connectivity index (χ4v) is 10.2. The van der Waals surface area contributed by atoms with E-state index in [1.165, 1.54) is 0 Å². The van der Waals surface area contributed by atoms with Gasteiger partial charge in [0.1, 0.15) is 140 Å². The van der Waals surface area contributed by atoms with Crippen LogP contribution in [0.5, 0.6) is 0 Å². The van der Waals surface area contributed by atoms with Gasteiger partial charge in [-0.05, 0) is 0 Å². The number of carboxylic acids is 1. The van der Waals surface area contributed by atoms with Crippen LogP contribution in [0, 0.1) is 0 Å². The van der Waals surface area contributed by atoms with Crippen molar-refractivity contribution in [2.75, 3.05) is 46.8 Å². The number of amides is 2. The van der Waals surface area contributed by atoms with Gasteiger partial charge in [0.05, 0.1) is 51.8 Å². The second-order valence-corrected chi connectivity index (χ2v) is 19.9. The third-order valence-electron chi connectivity index (χ3n) is 14.4. The number of hydrogen-bond donors (Lipinski definition) is 21. The summed E-state index contributed by atoms with van der Waals surface area (Å²) in [7, 11) is 1.14. The SMILES string of the molecule is CO[C@@H]1OC(CO)[C@@H](O[C@@H]2OC(CO)[C@H](O[C@H]3OC(CO)[C@H](O)[C@H](O[C@@H]4OC(CO)[C@H](O)C(O[C@@H]5OC(CO)[C@H](O)C(O[C@]6(C(=O)O)C[C@@H](O)[C@@H](NC(C)=O)C([C@H](O)[C@H](O)CO)O6)[C@@H]5O)[C@@H]4NC(C)=O)C3O)C(O)[C@@H]2O)C(O)[C@@H]1O. The minimum absolute atomic E-state index is 0.815. The minimum Gasteiger partial charge on any atom is -0.477 e. The fraction of sp³-hybridized carbons (Fsp3) is 0.932. The number of carbonyl (C=O) groups excluding carboxylic acids is 2. The van der Waals surface area contributed by atoms with Gasteiger partial charge < -0.3 is 164 Å². The highest BCUT2D eigenvalue weighted by Gasteiger charge is 2.61. The van der Waals surface area contributed by atoms with Crippen molar-refractivity contribution < 1.29 is 168 Å². The number of rotatable bonds is 22. The molecule has 36 nitrogen and oxygen atoms in total. The number of aliphatic hydroxyl groups is 18. The first-order valence-corrected chi connectivity index (χ1v) is 25.1. The molecule has 6 heterocycles. The summed E-state index contributed by atoms with van der Waals surface area (Å²) in [4.78, 5) is 38.0. The normalized spacial score (nSPS) is 47.2. The van der Waals surface area contributed by atoms with E-state index in [1.807, 2.05) is 0 Å². The van der Waals surface area contributed by atoms with Crippen molar-refractivity contribution in [2.24, 2.45) is 0 Å². The van der Waals surface area contributed by atoms with Gasteiger partial charge in [-0.2, -0.15) is 0 Å². The highest BCUT2D eigenvalue weighted by molar-refractivity contribution is 5.76. The van der Waals surface area contributed by atoms with Gasteiger partial charge in [-0.1, -0.05) is 0 Å². The van der Waals surface area contributed by atoms with Crippen molar-refractivity contribution in [2.45, 2.75) is 210 Å². The van der Waals surface area contributed by atoms with Crippen LogP contribution in [-0.2, 0) is 71.2 Å². The third kappa shape index (κ3) is 14.0. The number of hydrogen-bond acceptors (Lipinski definition) is 33. The molecule has 6 aliphatic rings. The number of nitrogens with one attached hydrogen (secondary N) is 2. The van der Waals surface area contributed by atoms with E-state index in [2.05, 4.69) is 10.6 Å². The molecule has 31 atom stereocenters. The van der Waals surface area contributed by atoms with Crippen molar-refractivity contribution in [3.05, 3.63) is 0 Å². The zero-order valence-corrected chi connectivity index (χ0v) is 42.9. The van der Waals surface area contributed by atoms with Gasteiger partial charge in [-0.25, -0.2) is 4.79 Å². The second kappa shape index (κ2) is 28.4. The summed E-state index contributed by atoms with van der Waals surface area (Å²) < 4.78 is 67.8. The predicted octanol–water partition coefficient (Wildman–Crippen LogP) is -14.0. The van der Waals surface area contributed by atoms with E-state index in [0.29, 0.717) is 0 Å². The molecule has 0 aromatic carbocycles. The largest absolute Gasteiger partial charge is 0.477 e. The molecule has 6 fully saturated rings. The first-order chi connectivity index (χ1) is 37.8. The number of carboxylic acid groups (broad SMARTS) is 1. The molecule has 0 aromatic rings. The highest BCUT2D eigenvalue weighted by Crippen LogP contribution is 2.40. The lowest BCUT2D eigenvalue weighted by atomic mass is 9.88. The molecule has 464 valence electrons. The average molecular weight is 1180 g/mol. The molecular weight excluding hydrogens is 1100 g/mol. The number of methoxy groups -OCH3 is 1. The maximum absolute atomic E-state index is 13.1. The van der Waals surface area contributed by atoms with Crippen molar-refractivity contribution in [1.29, 1.82) is 0 Å². The number of aliphatic hydroxyl groups excluding tert-OH is 18. The van der Waals surface area contributed by atoms with Gasteiger partial charge >= 0.3 is 5.97 Å². The lowest BCUT2D eigenvalue weighted by Gasteiger charge is -2.51. The Morgan fingerprint density at radius 1 is 0.500 bits per heavy atom. The topological polar surface area (TPSA) is 570 Å². The Balaban J connectivity index is 1.25. The first-order valence-electron chi connectivity index (χ1n) is 25.1. The summed E-state index contributed by atoms with van der Waals surface area (Å²) in [5.41, 5.74) is 0. The minimum atomic E-state index is -3.22. The van der Waals surface area contributed by atoms with Crippen LogP contribution in [0.2, 0.25) is 0 Å². The monoisotopic (exact) mass is 1170 g/mol. The lowest BCUT2D eigenvalue weighted by Crippen LogP contribution is -2.71. The Morgan fingerprint density at radius 2 is 0.887 bits per heavy atom. The van der Waals surface area contributed by atoms with Crippen molar-refractivity contribution in [1.82, 2.24) is 10.6 Å². The van der Waals surface area contributed by atoms with E-state index in [-0.39, 0.29) is 0 Å². The van der Waals surface area contributed by atoms with E-state index in [4.69, 9.17) is 56.8 Å². The molecule has 0 radical (unpaired) electrons. The molecule has 6 saturated heterocycles. The molecule has 0 aromatic heterocycles. The third-order valence-corrected chi connectivity index (χ3v) is 14.4. The Morgan fingerprint density at radius 3 is 1.35 bits per heavy atom. The Hall–Kier alpha value is -2.79. The van der Waals surface area contributed by atoms with Crippen LogP contribution in [0.15, 0.2) is 0 Å². The standard InChI is InChI=1S/C44H74N2O34/c1-11(53)45-20-13(55)4-44(43(67)68,79-35(20)22(57)14(56)5-47)80-37-25(60)17(8-50)72-42(31(37)66)77-34-21(46-12(2)54)38(70-15(6-48)23(34)58)78-36-24(59)16(7-49)71-41(30(36)65)76-33-19(10-52)74-40(29(64)27(33)62)75-32-18(9-51)73-39(69-3)28(63)26(32)61/h13-42,47-52,55-66H,4-10H2,1-3H3,(H,45,53)(H,46,54)(H,67,68)/t13-,14-,15?,16?,17?,18?,19?,20-,21+,22-,23+,24+,25+,26?,27?,28+,29+,30?,31+,32-,33+,34?,35?,36+,37?,38+,39-,40+,41-,42+,44+/m1/s1. The van der Waals surface area contributed by atoms with E-state index in [0.717, 1.165) is 21.0 Å². The number of carbonyl (C=O) groups is 3. The number of ether oxygens (including phenoxy) is 12. The van der Waals surface area contributed by atoms with Gasteiger partial charge in [0, 0.05) is 27.4 Å². The molecule has 2 amide bonds. The lowest BCUT2D eigenvalue weighted by molar-refractivity contribution is -0.392. The van der Waals surface area contributed by atoms with Crippen LogP contribution in [0.25, 0.3) is 0 Å². The molecule has 6 aliphatic heterocycles. The fourth-order valence-electron chi connectivity index (χ4n) is 10.2. The molecule has 21 N–H and O–H groups in total. The van der Waals surface area contributed by atoms with Crippen LogP contribution in [0.3, 0.4) is 0 Å². The van der Waals surface area contributed by atoms with Crippen LogP contribution in [-0.4, -0.2) is 351 Å². The Bertz CT molecular complexity index is 1990. The van der Waals surface area contributed by atoms with Crippen LogP contribution < -0.4 is 10.6 Å². The molecule has 36 heteroatoms. The molecule has 0 spiro atoms. The Kier molecular flexibility index (Phi) is 23.6. The first kappa shape index (κ1) is 66.4. The van der Waals surface area contributed by atoms with Gasteiger partial charge in [0.25, 0.3) is 5.79 Å². The van der Waals surface area contributed by atoms with Crippen molar-refractivity contribution in [3.8, 4) is 0 Å². The molecule has 6 rings (SSSR count). The van der Waals surface area contributed by atoms with E-state index < -0.39 is 254 Å². The van der Waals surface area contributed by atoms with E-state index in [1.54, 1.807) is 0 Å². The summed E-state index contributed by atoms with van der Waals surface area (Å²) in [6.45, 7) is -4.39. The molecular formula is C44H74N2O34. The van der Waals surface area contributed by atoms with Gasteiger partial charge in [-0.3, -0.25) is 9.59 Å². The summed E-state index contributed by atoms with van der Waals surface area (Å²) in [6.07, 6.45) is -57.2. The molecule has 0 aliphatic carbocycles. The predicted molar refractivity (Wildman–Crippen MR) is 244 cm³/mol. The van der Waals surface area contributed by atoms with Gasteiger partial charge in [-0.15, -0.1) is 0 Å². The molecule has 0 saturated carbocycles. The maximum Gasteiger partial charge on any atom is 0.364 e. The van der Waals surface area contributed by atoms with E-state index in [9.17, 15) is 111 Å². The summed E-state index contributed by atoms with van der Waals surface area (Å²) >= 11 is 0. The zero-order valence-electron chi connectivity index (χ0n) is 42.9. The van der Waals surface area contributed by atoms with Crippen molar-refractivity contribution in [3.63, 3.8) is 0 Å². The second-order valence-electron chi connectivity index (χ2n) is 19.9. The van der Waals surface area contributed by atoms with Gasteiger partial charge in [0.15, 0.2) is 31.5 Å². The summed E-state index contributed by atoms with van der Waals surface area (Å²) in [5.74, 6) is -7.10. The summed E-state index contributed by atoms with van der Waals surface area (Å²) in [6, 6.07) is -3.59. The van der Waals surface area contributed by atoms with Crippen LogP contribution in [0.1, 0.15) is 20.3 Å². The number of aliphatic carboxylic acids is 1. The quantitative estimate of drug-likeness (QED) is 0.0479. The maximum atomic E-state index is 13.1. The molecule has 0 bridgehead atoms. The van der Waals surface area contributed by atoms with Crippen LogP contribution >= 0.6 is 0 Å². The molecule has 11 unspecified atom stereocenters. The molecule has 80 heavy (non-hydrogen) atoms. The summed E-state index contributed by atoms with van der Waals surface area (Å²) in [5, 5.41) is 210. The average Bonchev–Trinajstić information content (AvgIpc) is 3.61. The Labute approximate surface area is 452 Å².